The van der Waals surface area contributed by atoms with Crippen molar-refractivity contribution in [1.82, 2.24) is 5.32 Å². The van der Waals surface area contributed by atoms with Gasteiger partial charge in [-0.2, -0.15) is 0 Å². The Labute approximate surface area is 204 Å². The number of rotatable bonds is 8. The third kappa shape index (κ3) is 5.58. The summed E-state index contributed by atoms with van der Waals surface area (Å²) >= 11 is 0. The second kappa shape index (κ2) is 10.5. The summed E-state index contributed by atoms with van der Waals surface area (Å²) in [5, 5.41) is 2.95. The number of sulfonamides is 1. The number of hydrogen-bond acceptors (Lipinski definition) is 3. The minimum Gasteiger partial charge on any atom is -0.344 e. The van der Waals surface area contributed by atoms with Crippen LogP contribution in [0.2, 0.25) is 0 Å². The lowest BCUT2D eigenvalue weighted by molar-refractivity contribution is -0.120. The topological polar surface area (TPSA) is 66.5 Å². The van der Waals surface area contributed by atoms with E-state index in [1.165, 1.54) is 36.4 Å². The molecule has 0 radical (unpaired) electrons. The van der Waals surface area contributed by atoms with E-state index in [9.17, 15) is 17.6 Å². The highest BCUT2D eigenvalue weighted by Gasteiger charge is 2.30. The Bertz CT molecular complexity index is 1410. The molecule has 0 aliphatic carbocycles. The van der Waals surface area contributed by atoms with E-state index in [2.05, 4.69) is 5.32 Å². The maximum Gasteiger partial charge on any atom is 0.264 e. The van der Waals surface area contributed by atoms with Gasteiger partial charge < -0.3 is 5.32 Å². The molecule has 1 amide bonds. The first-order valence-corrected chi connectivity index (χ1v) is 12.5. The number of nitrogens with zero attached hydrogens (tertiary/aromatic N) is 1. The minimum atomic E-state index is -4.21. The van der Waals surface area contributed by atoms with E-state index in [-0.39, 0.29) is 10.6 Å². The summed E-state index contributed by atoms with van der Waals surface area (Å²) in [6.45, 7) is 1.37. The SMILES string of the molecule is Cc1cccc(C(NC(=O)CN(c2ccccc2F)S(=O)(=O)c2ccccc2)c2ccccc2)c1. The largest absolute Gasteiger partial charge is 0.344 e. The summed E-state index contributed by atoms with van der Waals surface area (Å²) < 4.78 is 42.5. The number of para-hydroxylation sites is 1. The average molecular weight is 489 g/mol. The predicted octanol–water partition coefficient (Wildman–Crippen LogP) is 5.24. The van der Waals surface area contributed by atoms with Crippen molar-refractivity contribution in [2.75, 3.05) is 10.8 Å². The van der Waals surface area contributed by atoms with Crippen LogP contribution in [0.1, 0.15) is 22.7 Å². The van der Waals surface area contributed by atoms with Crippen LogP contribution in [0, 0.1) is 12.7 Å². The van der Waals surface area contributed by atoms with Gasteiger partial charge in [0.2, 0.25) is 5.91 Å². The molecule has 0 saturated heterocycles. The van der Waals surface area contributed by atoms with Crippen molar-refractivity contribution < 1.29 is 17.6 Å². The van der Waals surface area contributed by atoms with Crippen LogP contribution in [0.25, 0.3) is 0 Å². The summed E-state index contributed by atoms with van der Waals surface area (Å²) in [5.41, 5.74) is 2.53. The molecule has 4 rings (SSSR count). The molecule has 0 aromatic heterocycles. The van der Waals surface area contributed by atoms with Crippen molar-refractivity contribution in [1.29, 1.82) is 0 Å². The molecule has 5 nitrogen and oxygen atoms in total. The van der Waals surface area contributed by atoms with Crippen molar-refractivity contribution in [3.05, 3.63) is 132 Å². The number of carbonyl (C=O) groups is 1. The van der Waals surface area contributed by atoms with E-state index >= 15 is 0 Å². The van der Waals surface area contributed by atoms with Crippen LogP contribution in [0.5, 0.6) is 0 Å². The summed E-state index contributed by atoms with van der Waals surface area (Å²) in [5.74, 6) is -1.30. The highest BCUT2D eigenvalue weighted by Crippen LogP contribution is 2.27. The van der Waals surface area contributed by atoms with E-state index in [0.717, 1.165) is 21.0 Å². The number of benzene rings is 4. The number of amides is 1. The molecule has 1 N–H and O–H groups in total. The van der Waals surface area contributed by atoms with Gasteiger partial charge in [-0.15, -0.1) is 0 Å². The molecule has 0 spiro atoms. The van der Waals surface area contributed by atoms with Gasteiger partial charge in [-0.1, -0.05) is 90.5 Å². The van der Waals surface area contributed by atoms with E-state index in [4.69, 9.17) is 0 Å². The molecule has 0 fully saturated rings. The Balaban J connectivity index is 1.70. The molecule has 0 aliphatic heterocycles. The maximum absolute atomic E-state index is 14.7. The molecule has 0 bridgehead atoms. The van der Waals surface area contributed by atoms with Crippen molar-refractivity contribution in [3.8, 4) is 0 Å². The Morgan fingerprint density at radius 2 is 1.43 bits per heavy atom. The van der Waals surface area contributed by atoms with Crippen molar-refractivity contribution in [2.45, 2.75) is 17.9 Å². The highest BCUT2D eigenvalue weighted by molar-refractivity contribution is 7.92. The smallest absolute Gasteiger partial charge is 0.264 e. The lowest BCUT2D eigenvalue weighted by Crippen LogP contribution is -2.42. The first-order valence-electron chi connectivity index (χ1n) is 11.1. The first kappa shape index (κ1) is 24.2. The zero-order valence-electron chi connectivity index (χ0n) is 19.1. The number of carbonyl (C=O) groups excluding carboxylic acids is 1. The first-order chi connectivity index (χ1) is 16.9. The average Bonchev–Trinajstić information content (AvgIpc) is 2.87. The molecule has 4 aromatic rings. The zero-order chi connectivity index (χ0) is 24.8. The second-order valence-electron chi connectivity index (χ2n) is 8.10. The highest BCUT2D eigenvalue weighted by atomic mass is 32.2. The van der Waals surface area contributed by atoms with E-state index in [1.807, 2.05) is 61.5 Å². The third-order valence-corrected chi connectivity index (χ3v) is 7.33. The van der Waals surface area contributed by atoms with Crippen LogP contribution in [0.3, 0.4) is 0 Å². The lowest BCUT2D eigenvalue weighted by atomic mass is 9.97. The van der Waals surface area contributed by atoms with Gasteiger partial charge in [-0.3, -0.25) is 9.10 Å². The molecule has 178 valence electrons. The molecule has 1 atom stereocenters. The van der Waals surface area contributed by atoms with Gasteiger partial charge in [0, 0.05) is 0 Å². The van der Waals surface area contributed by atoms with Gasteiger partial charge in [0.1, 0.15) is 12.4 Å². The Morgan fingerprint density at radius 3 is 2.09 bits per heavy atom. The maximum atomic E-state index is 14.7. The normalized spacial score (nSPS) is 12.1. The monoisotopic (exact) mass is 488 g/mol. The van der Waals surface area contributed by atoms with E-state index in [1.54, 1.807) is 18.2 Å². The number of halogens is 1. The van der Waals surface area contributed by atoms with Crippen molar-refractivity contribution >= 4 is 21.6 Å². The third-order valence-electron chi connectivity index (χ3n) is 5.55. The Hall–Kier alpha value is -3.97. The minimum absolute atomic E-state index is 0.0330. The molecule has 7 heteroatoms. The van der Waals surface area contributed by atoms with Crippen molar-refractivity contribution in [2.24, 2.45) is 0 Å². The summed E-state index contributed by atoms with van der Waals surface area (Å²) in [6, 6.07) is 29.8. The molecular weight excluding hydrogens is 463 g/mol. The van der Waals surface area contributed by atoms with E-state index < -0.39 is 34.3 Å². The van der Waals surface area contributed by atoms with Gasteiger partial charge >= 0.3 is 0 Å². The van der Waals surface area contributed by atoms with E-state index in [0.29, 0.717) is 0 Å². The molecule has 0 aliphatic rings. The number of aryl methyl sites for hydroxylation is 1. The van der Waals surface area contributed by atoms with Crippen LogP contribution < -0.4 is 9.62 Å². The Morgan fingerprint density at radius 1 is 0.829 bits per heavy atom. The van der Waals surface area contributed by atoms with Crippen molar-refractivity contribution in [3.63, 3.8) is 0 Å². The molecule has 1 unspecified atom stereocenters. The van der Waals surface area contributed by atoms with Crippen LogP contribution in [0.15, 0.2) is 114 Å². The van der Waals surface area contributed by atoms with Gasteiger partial charge in [-0.05, 0) is 42.3 Å². The summed E-state index contributed by atoms with van der Waals surface area (Å²) in [6.07, 6.45) is 0. The van der Waals surface area contributed by atoms with Gasteiger partial charge in [0.15, 0.2) is 0 Å². The number of anilines is 1. The number of hydrogen-bond donors (Lipinski definition) is 1. The van der Waals surface area contributed by atoms with Crippen LogP contribution in [-0.2, 0) is 14.8 Å². The van der Waals surface area contributed by atoms with Gasteiger partial charge in [0.25, 0.3) is 10.0 Å². The van der Waals surface area contributed by atoms with Crippen LogP contribution in [-0.4, -0.2) is 20.9 Å². The van der Waals surface area contributed by atoms with Crippen LogP contribution in [0.4, 0.5) is 10.1 Å². The lowest BCUT2D eigenvalue weighted by Gasteiger charge is -2.26. The molecular formula is C28H25FN2O3S. The molecule has 0 heterocycles. The molecule has 4 aromatic carbocycles. The van der Waals surface area contributed by atoms with Gasteiger partial charge in [-0.25, -0.2) is 12.8 Å². The second-order valence-corrected chi connectivity index (χ2v) is 9.96. The fourth-order valence-corrected chi connectivity index (χ4v) is 5.31. The van der Waals surface area contributed by atoms with Gasteiger partial charge in [0.05, 0.1) is 16.6 Å². The summed E-state index contributed by atoms with van der Waals surface area (Å²) in [7, 11) is -4.21. The Kier molecular flexibility index (Phi) is 7.27. The zero-order valence-corrected chi connectivity index (χ0v) is 20.0. The standard InChI is InChI=1S/C28H25FN2O3S/c1-21-11-10-14-23(19-21)28(22-12-4-2-5-13-22)30-27(32)20-31(26-18-9-8-17-25(26)29)35(33,34)24-15-6-3-7-16-24/h2-19,28H,20H2,1H3,(H,30,32). The number of nitrogens with one attached hydrogen (secondary N) is 1. The fraction of sp³-hybridized carbons (Fsp3) is 0.107. The molecule has 0 saturated carbocycles. The van der Waals surface area contributed by atoms with Crippen LogP contribution >= 0.6 is 0 Å². The fourth-order valence-electron chi connectivity index (χ4n) is 3.86. The summed E-state index contributed by atoms with van der Waals surface area (Å²) in [4.78, 5) is 13.3. The quantitative estimate of drug-likeness (QED) is 0.369. The predicted molar refractivity (Wildman–Crippen MR) is 135 cm³/mol. The molecule has 35 heavy (non-hydrogen) atoms.